The van der Waals surface area contributed by atoms with Crippen LogP contribution in [-0.2, 0) is 11.0 Å². The van der Waals surface area contributed by atoms with E-state index >= 15 is 0 Å². The molecule has 0 unspecified atom stereocenters. The Balaban J connectivity index is 2.80. The highest BCUT2D eigenvalue weighted by Gasteiger charge is 2.33. The SMILES string of the molecule is CCN(C)C(=O)CNc1cc(C(F)(F)F)nc(Cl)n1. The Kier molecular flexibility index (Phi) is 4.93. The summed E-state index contributed by atoms with van der Waals surface area (Å²) < 4.78 is 37.4. The molecule has 1 heterocycles. The number of aromatic nitrogens is 2. The van der Waals surface area contributed by atoms with Crippen molar-refractivity contribution in [2.24, 2.45) is 0 Å². The lowest BCUT2D eigenvalue weighted by Crippen LogP contribution is -2.32. The summed E-state index contributed by atoms with van der Waals surface area (Å²) >= 11 is 5.40. The number of carbonyl (C=O) groups is 1. The molecule has 1 rings (SSSR count). The Hall–Kier alpha value is -1.57. The van der Waals surface area contributed by atoms with E-state index in [4.69, 9.17) is 11.6 Å². The van der Waals surface area contributed by atoms with Crippen LogP contribution in [0.1, 0.15) is 12.6 Å². The maximum Gasteiger partial charge on any atom is 0.433 e. The smallest absolute Gasteiger partial charge is 0.361 e. The first-order valence-electron chi connectivity index (χ1n) is 5.33. The van der Waals surface area contributed by atoms with Gasteiger partial charge in [0.15, 0.2) is 5.69 Å². The molecule has 0 spiro atoms. The molecule has 0 saturated carbocycles. The van der Waals surface area contributed by atoms with Crippen LogP contribution < -0.4 is 5.32 Å². The molecule has 0 bridgehead atoms. The van der Waals surface area contributed by atoms with Gasteiger partial charge in [-0.05, 0) is 18.5 Å². The minimum absolute atomic E-state index is 0.148. The second-order valence-electron chi connectivity index (χ2n) is 3.67. The number of likely N-dealkylation sites (N-methyl/N-ethyl adjacent to an activating group) is 1. The van der Waals surface area contributed by atoms with Gasteiger partial charge in [0.25, 0.3) is 0 Å². The van der Waals surface area contributed by atoms with Crippen molar-refractivity contribution in [1.82, 2.24) is 14.9 Å². The fourth-order valence-electron chi connectivity index (χ4n) is 1.13. The molecule has 0 aliphatic heterocycles. The van der Waals surface area contributed by atoms with E-state index in [1.54, 1.807) is 14.0 Å². The topological polar surface area (TPSA) is 58.1 Å². The van der Waals surface area contributed by atoms with E-state index in [0.717, 1.165) is 0 Å². The quantitative estimate of drug-likeness (QED) is 0.864. The van der Waals surface area contributed by atoms with E-state index in [-0.39, 0.29) is 18.3 Å². The van der Waals surface area contributed by atoms with E-state index in [0.29, 0.717) is 12.6 Å². The van der Waals surface area contributed by atoms with Crippen molar-refractivity contribution in [3.63, 3.8) is 0 Å². The molecular formula is C10H12ClF3N4O. The van der Waals surface area contributed by atoms with Crippen LogP contribution in [0.25, 0.3) is 0 Å². The highest BCUT2D eigenvalue weighted by atomic mass is 35.5. The summed E-state index contributed by atoms with van der Waals surface area (Å²) in [6.07, 6.45) is -4.62. The number of nitrogens with zero attached hydrogens (tertiary/aromatic N) is 3. The van der Waals surface area contributed by atoms with Crippen LogP contribution in [0.4, 0.5) is 19.0 Å². The lowest BCUT2D eigenvalue weighted by atomic mass is 10.3. The zero-order valence-corrected chi connectivity index (χ0v) is 11.0. The van der Waals surface area contributed by atoms with Crippen LogP contribution in [0.15, 0.2) is 6.07 Å². The first-order valence-corrected chi connectivity index (χ1v) is 5.71. The molecular weight excluding hydrogens is 285 g/mol. The molecule has 0 aliphatic rings. The molecule has 9 heteroatoms. The zero-order valence-electron chi connectivity index (χ0n) is 10.3. The number of rotatable bonds is 4. The third-order valence-electron chi connectivity index (χ3n) is 2.31. The van der Waals surface area contributed by atoms with Crippen LogP contribution in [0.3, 0.4) is 0 Å². The average Bonchev–Trinajstić information content (AvgIpc) is 2.33. The minimum Gasteiger partial charge on any atom is -0.361 e. The molecule has 5 nitrogen and oxygen atoms in total. The lowest BCUT2D eigenvalue weighted by Gasteiger charge is -2.15. The highest BCUT2D eigenvalue weighted by Crippen LogP contribution is 2.29. The third kappa shape index (κ3) is 4.55. The molecule has 1 aromatic heterocycles. The van der Waals surface area contributed by atoms with Crippen LogP contribution in [0.2, 0.25) is 5.28 Å². The number of anilines is 1. The third-order valence-corrected chi connectivity index (χ3v) is 2.48. The second-order valence-corrected chi connectivity index (χ2v) is 4.00. The number of hydrogen-bond donors (Lipinski definition) is 1. The molecule has 0 radical (unpaired) electrons. The van der Waals surface area contributed by atoms with Gasteiger partial charge in [-0.15, -0.1) is 0 Å². The predicted molar refractivity (Wildman–Crippen MR) is 63.8 cm³/mol. The summed E-state index contributed by atoms with van der Waals surface area (Å²) in [5.41, 5.74) is -1.16. The average molecular weight is 297 g/mol. The van der Waals surface area contributed by atoms with Gasteiger partial charge in [-0.25, -0.2) is 9.97 Å². The van der Waals surface area contributed by atoms with Crippen molar-refractivity contribution in [2.75, 3.05) is 25.5 Å². The molecule has 0 fully saturated rings. The second kappa shape index (κ2) is 6.05. The molecule has 0 aromatic carbocycles. The summed E-state index contributed by atoms with van der Waals surface area (Å²) in [6.45, 7) is 2.11. The maximum atomic E-state index is 12.5. The first-order chi connectivity index (χ1) is 8.74. The van der Waals surface area contributed by atoms with Crippen LogP contribution in [0.5, 0.6) is 0 Å². The molecule has 106 valence electrons. The fraction of sp³-hybridized carbons (Fsp3) is 0.500. The summed E-state index contributed by atoms with van der Waals surface area (Å²) in [7, 11) is 1.58. The summed E-state index contributed by atoms with van der Waals surface area (Å²) in [6, 6.07) is 0.700. The summed E-state index contributed by atoms with van der Waals surface area (Å²) in [4.78, 5) is 19.6. The van der Waals surface area contributed by atoms with E-state index in [1.807, 2.05) is 0 Å². The monoisotopic (exact) mass is 296 g/mol. The Morgan fingerprint density at radius 3 is 2.63 bits per heavy atom. The first kappa shape index (κ1) is 15.5. The van der Waals surface area contributed by atoms with Crippen LogP contribution in [0, 0.1) is 0 Å². The van der Waals surface area contributed by atoms with Gasteiger partial charge in [-0.3, -0.25) is 4.79 Å². The van der Waals surface area contributed by atoms with Gasteiger partial charge in [-0.1, -0.05) is 0 Å². The summed E-state index contributed by atoms with van der Waals surface area (Å²) in [5.74, 6) is -0.420. The Labute approximate surface area is 112 Å². The lowest BCUT2D eigenvalue weighted by molar-refractivity contribution is -0.141. The van der Waals surface area contributed by atoms with Crippen LogP contribution >= 0.6 is 11.6 Å². The standard InChI is InChI=1S/C10H12ClF3N4O/c1-3-18(2)8(19)5-15-7-4-6(10(12,13)14)16-9(11)17-7/h4H,3,5H2,1-2H3,(H,15,16,17). The van der Waals surface area contributed by atoms with Gasteiger partial charge in [-0.2, -0.15) is 13.2 Å². The molecule has 0 atom stereocenters. The number of alkyl halides is 3. The van der Waals surface area contributed by atoms with Gasteiger partial charge >= 0.3 is 6.18 Å². The minimum atomic E-state index is -4.62. The van der Waals surface area contributed by atoms with Gasteiger partial charge in [0, 0.05) is 19.7 Å². The fourth-order valence-corrected chi connectivity index (χ4v) is 1.31. The molecule has 1 amide bonds. The molecule has 19 heavy (non-hydrogen) atoms. The molecule has 0 aliphatic carbocycles. The van der Waals surface area contributed by atoms with Gasteiger partial charge in [0.1, 0.15) is 5.82 Å². The molecule has 1 N–H and O–H groups in total. The van der Waals surface area contributed by atoms with E-state index in [1.165, 1.54) is 4.90 Å². The highest BCUT2D eigenvalue weighted by molar-refractivity contribution is 6.28. The normalized spacial score (nSPS) is 11.3. The van der Waals surface area contributed by atoms with Crippen molar-refractivity contribution < 1.29 is 18.0 Å². The Bertz CT molecular complexity index is 467. The maximum absolute atomic E-state index is 12.5. The van der Waals surface area contributed by atoms with Crippen molar-refractivity contribution in [1.29, 1.82) is 0 Å². The molecule has 0 saturated heterocycles. The van der Waals surface area contributed by atoms with Crippen molar-refractivity contribution in [2.45, 2.75) is 13.1 Å². The Morgan fingerprint density at radius 1 is 1.47 bits per heavy atom. The van der Waals surface area contributed by atoms with Crippen molar-refractivity contribution in [3.8, 4) is 0 Å². The number of halogens is 4. The van der Waals surface area contributed by atoms with Gasteiger partial charge in [0.2, 0.25) is 11.2 Å². The van der Waals surface area contributed by atoms with Gasteiger partial charge < -0.3 is 10.2 Å². The van der Waals surface area contributed by atoms with Crippen LogP contribution in [-0.4, -0.2) is 40.9 Å². The van der Waals surface area contributed by atoms with E-state index in [2.05, 4.69) is 15.3 Å². The summed E-state index contributed by atoms with van der Waals surface area (Å²) in [5, 5.41) is 1.95. The van der Waals surface area contributed by atoms with Crippen molar-refractivity contribution in [3.05, 3.63) is 17.0 Å². The Morgan fingerprint density at radius 2 is 2.11 bits per heavy atom. The van der Waals surface area contributed by atoms with E-state index in [9.17, 15) is 18.0 Å². The molecule has 1 aromatic rings. The number of carbonyl (C=O) groups excluding carboxylic acids is 1. The number of amides is 1. The zero-order chi connectivity index (χ0) is 14.6. The van der Waals surface area contributed by atoms with Crippen molar-refractivity contribution >= 4 is 23.3 Å². The predicted octanol–water partition coefficient (Wildman–Crippen LogP) is 2.04. The number of hydrogen-bond acceptors (Lipinski definition) is 4. The van der Waals surface area contributed by atoms with Gasteiger partial charge in [0.05, 0.1) is 6.54 Å². The number of nitrogens with one attached hydrogen (secondary N) is 1. The van der Waals surface area contributed by atoms with E-state index < -0.39 is 17.2 Å². The largest absolute Gasteiger partial charge is 0.433 e.